The average Bonchev–Trinajstić information content (AvgIpc) is 3.21. The Bertz CT molecular complexity index is 675. The second-order valence-corrected chi connectivity index (χ2v) is 6.37. The normalized spacial score (nSPS) is 16.2. The number of aryl methyl sites for hydroxylation is 1. The lowest BCUT2D eigenvalue weighted by Crippen LogP contribution is -2.22. The van der Waals surface area contributed by atoms with Crippen LogP contribution in [-0.4, -0.2) is 22.7 Å². The summed E-state index contributed by atoms with van der Waals surface area (Å²) in [5, 5.41) is 3.72. The zero-order valence-corrected chi connectivity index (χ0v) is 13.9. The Kier molecular flexibility index (Phi) is 5.13. The van der Waals surface area contributed by atoms with E-state index in [4.69, 9.17) is 15.0 Å². The summed E-state index contributed by atoms with van der Waals surface area (Å²) in [6, 6.07) is 7.34. The third-order valence-electron chi connectivity index (χ3n) is 4.56. The number of aromatic nitrogens is 2. The van der Waals surface area contributed by atoms with Crippen LogP contribution in [0.25, 0.3) is 0 Å². The molecule has 6 nitrogen and oxygen atoms in total. The van der Waals surface area contributed by atoms with Crippen LogP contribution in [0.4, 0.5) is 0 Å². The molecule has 0 radical (unpaired) electrons. The van der Waals surface area contributed by atoms with Crippen LogP contribution in [0.2, 0.25) is 0 Å². The standard InChI is InChI=1S/C18H23N3O3/c1-12-20-18(24-21-12)16(17(19)22)14-6-8-15(9-7-14)23-11-10-13-4-2-3-5-13/h6-9,13,16H,2-5,10-11H2,1H3,(H2,19,22). The topological polar surface area (TPSA) is 91.2 Å². The Labute approximate surface area is 141 Å². The summed E-state index contributed by atoms with van der Waals surface area (Å²) in [6.45, 7) is 2.43. The highest BCUT2D eigenvalue weighted by atomic mass is 16.5. The van der Waals surface area contributed by atoms with Crippen molar-refractivity contribution in [3.8, 4) is 5.75 Å². The molecule has 1 heterocycles. The minimum absolute atomic E-state index is 0.218. The number of hydrogen-bond donors (Lipinski definition) is 1. The SMILES string of the molecule is Cc1noc(C(C(N)=O)c2ccc(OCCC3CCCC3)cc2)n1. The first kappa shape index (κ1) is 16.5. The van der Waals surface area contributed by atoms with Crippen LogP contribution in [0.1, 0.15) is 55.3 Å². The van der Waals surface area contributed by atoms with Crippen molar-refractivity contribution in [2.45, 2.75) is 44.9 Å². The second-order valence-electron chi connectivity index (χ2n) is 6.37. The maximum absolute atomic E-state index is 11.8. The predicted octanol–water partition coefficient (Wildman–Crippen LogP) is 2.95. The van der Waals surface area contributed by atoms with E-state index in [1.165, 1.54) is 25.7 Å². The average molecular weight is 329 g/mol. The van der Waals surface area contributed by atoms with Gasteiger partial charge in [0.05, 0.1) is 6.61 Å². The van der Waals surface area contributed by atoms with Crippen LogP contribution in [0.5, 0.6) is 5.75 Å². The number of hydrogen-bond acceptors (Lipinski definition) is 5. The van der Waals surface area contributed by atoms with Crippen molar-refractivity contribution in [2.75, 3.05) is 6.61 Å². The van der Waals surface area contributed by atoms with Gasteiger partial charge in [-0.05, 0) is 37.0 Å². The van der Waals surface area contributed by atoms with E-state index in [1.807, 2.05) is 24.3 Å². The molecule has 128 valence electrons. The molecule has 24 heavy (non-hydrogen) atoms. The number of amides is 1. The molecule has 0 bridgehead atoms. The molecule has 6 heteroatoms. The van der Waals surface area contributed by atoms with E-state index in [0.717, 1.165) is 24.7 Å². The Morgan fingerprint density at radius 3 is 2.62 bits per heavy atom. The number of nitrogens with zero attached hydrogens (tertiary/aromatic N) is 2. The van der Waals surface area contributed by atoms with Gasteiger partial charge in [-0.25, -0.2) is 0 Å². The molecule has 1 aliphatic carbocycles. The molecule has 2 aromatic rings. The van der Waals surface area contributed by atoms with E-state index in [-0.39, 0.29) is 5.89 Å². The van der Waals surface area contributed by atoms with Gasteiger partial charge in [0.15, 0.2) is 5.82 Å². The van der Waals surface area contributed by atoms with Crippen molar-refractivity contribution in [3.63, 3.8) is 0 Å². The summed E-state index contributed by atoms with van der Waals surface area (Å²) < 4.78 is 10.9. The van der Waals surface area contributed by atoms with Crippen molar-refractivity contribution in [1.29, 1.82) is 0 Å². The number of carbonyl (C=O) groups is 1. The Morgan fingerprint density at radius 2 is 2.04 bits per heavy atom. The first-order valence-electron chi connectivity index (χ1n) is 8.46. The first-order chi connectivity index (χ1) is 11.6. The molecular weight excluding hydrogens is 306 g/mol. The second kappa shape index (κ2) is 7.47. The minimum atomic E-state index is -0.737. The molecule has 1 aromatic heterocycles. The van der Waals surface area contributed by atoms with Gasteiger partial charge in [0.2, 0.25) is 11.8 Å². The fourth-order valence-corrected chi connectivity index (χ4v) is 3.26. The van der Waals surface area contributed by atoms with E-state index < -0.39 is 11.8 Å². The van der Waals surface area contributed by atoms with E-state index in [0.29, 0.717) is 11.4 Å². The molecule has 0 aliphatic heterocycles. The lowest BCUT2D eigenvalue weighted by molar-refractivity contribution is -0.119. The summed E-state index contributed by atoms with van der Waals surface area (Å²) in [5.74, 6) is 1.04. The maximum Gasteiger partial charge on any atom is 0.243 e. The lowest BCUT2D eigenvalue weighted by atomic mass is 9.98. The Balaban J connectivity index is 1.62. The van der Waals surface area contributed by atoms with Crippen LogP contribution in [0, 0.1) is 12.8 Å². The molecule has 0 saturated heterocycles. The lowest BCUT2D eigenvalue weighted by Gasteiger charge is -2.12. The molecule has 1 fully saturated rings. The predicted molar refractivity (Wildman–Crippen MR) is 88.6 cm³/mol. The fourth-order valence-electron chi connectivity index (χ4n) is 3.26. The van der Waals surface area contributed by atoms with Crippen molar-refractivity contribution in [3.05, 3.63) is 41.5 Å². The molecule has 0 spiro atoms. The summed E-state index contributed by atoms with van der Waals surface area (Å²) in [7, 11) is 0. The molecule has 1 aromatic carbocycles. The summed E-state index contributed by atoms with van der Waals surface area (Å²) >= 11 is 0. The van der Waals surface area contributed by atoms with Gasteiger partial charge in [-0.2, -0.15) is 4.98 Å². The molecular formula is C18H23N3O3. The van der Waals surface area contributed by atoms with Crippen molar-refractivity contribution in [1.82, 2.24) is 10.1 Å². The smallest absolute Gasteiger partial charge is 0.243 e. The summed E-state index contributed by atoms with van der Waals surface area (Å²) in [6.07, 6.45) is 6.46. The van der Waals surface area contributed by atoms with Crippen LogP contribution < -0.4 is 10.5 Å². The van der Waals surface area contributed by atoms with Crippen molar-refractivity contribution >= 4 is 5.91 Å². The number of rotatable bonds is 7. The summed E-state index contributed by atoms with van der Waals surface area (Å²) in [4.78, 5) is 15.9. The van der Waals surface area contributed by atoms with Crippen LogP contribution in [0.15, 0.2) is 28.8 Å². The molecule has 3 rings (SSSR count). The zero-order chi connectivity index (χ0) is 16.9. The van der Waals surface area contributed by atoms with Crippen molar-refractivity contribution < 1.29 is 14.1 Å². The molecule has 2 N–H and O–H groups in total. The van der Waals surface area contributed by atoms with E-state index in [9.17, 15) is 4.79 Å². The Hall–Kier alpha value is -2.37. The van der Waals surface area contributed by atoms with Crippen molar-refractivity contribution in [2.24, 2.45) is 11.7 Å². The van der Waals surface area contributed by atoms with Gasteiger partial charge in [0.25, 0.3) is 0 Å². The maximum atomic E-state index is 11.8. The van der Waals surface area contributed by atoms with Gasteiger partial charge in [-0.3, -0.25) is 4.79 Å². The van der Waals surface area contributed by atoms with Gasteiger partial charge in [-0.1, -0.05) is 43.0 Å². The van der Waals surface area contributed by atoms with Gasteiger partial charge < -0.3 is 15.0 Å². The van der Waals surface area contributed by atoms with Gasteiger partial charge in [0, 0.05) is 0 Å². The zero-order valence-electron chi connectivity index (χ0n) is 13.9. The number of carbonyl (C=O) groups excluding carboxylic acids is 1. The highest BCUT2D eigenvalue weighted by molar-refractivity contribution is 5.84. The molecule has 1 aliphatic rings. The fraction of sp³-hybridized carbons (Fsp3) is 0.500. The Morgan fingerprint density at radius 1 is 1.33 bits per heavy atom. The molecule has 1 unspecified atom stereocenters. The molecule has 1 amide bonds. The highest BCUT2D eigenvalue weighted by Crippen LogP contribution is 2.28. The number of nitrogens with two attached hydrogens (primary N) is 1. The monoisotopic (exact) mass is 329 g/mol. The van der Waals surface area contributed by atoms with Crippen LogP contribution in [0.3, 0.4) is 0 Å². The quantitative estimate of drug-likeness (QED) is 0.843. The molecule has 1 atom stereocenters. The van der Waals surface area contributed by atoms with Crippen LogP contribution >= 0.6 is 0 Å². The molecule has 1 saturated carbocycles. The van der Waals surface area contributed by atoms with E-state index >= 15 is 0 Å². The van der Waals surface area contributed by atoms with E-state index in [1.54, 1.807) is 6.92 Å². The van der Waals surface area contributed by atoms with E-state index in [2.05, 4.69) is 10.1 Å². The third kappa shape index (κ3) is 3.93. The minimum Gasteiger partial charge on any atom is -0.494 e. The third-order valence-corrected chi connectivity index (χ3v) is 4.56. The van der Waals surface area contributed by atoms with Gasteiger partial charge in [0.1, 0.15) is 11.7 Å². The first-order valence-corrected chi connectivity index (χ1v) is 8.46. The number of benzene rings is 1. The largest absolute Gasteiger partial charge is 0.494 e. The summed E-state index contributed by atoms with van der Waals surface area (Å²) in [5.41, 5.74) is 6.22. The van der Waals surface area contributed by atoms with Gasteiger partial charge >= 0.3 is 0 Å². The number of ether oxygens (including phenoxy) is 1. The highest BCUT2D eigenvalue weighted by Gasteiger charge is 2.26. The van der Waals surface area contributed by atoms with Crippen LogP contribution in [-0.2, 0) is 4.79 Å². The number of primary amides is 1. The van der Waals surface area contributed by atoms with Gasteiger partial charge in [-0.15, -0.1) is 0 Å².